The van der Waals surface area contributed by atoms with E-state index in [-0.39, 0.29) is 0 Å². The molecule has 1 unspecified atom stereocenters. The normalized spacial score (nSPS) is 26.5. The molecule has 1 spiro atoms. The lowest BCUT2D eigenvalue weighted by atomic mass is 9.73. The Labute approximate surface area is 109 Å². The van der Waals surface area contributed by atoms with Gasteiger partial charge in [-0.25, -0.2) is 0 Å². The molecule has 0 aromatic rings. The molecule has 0 radical (unpaired) electrons. The fraction of sp³-hybridized carbons (Fsp3) is 0.875. The molecule has 1 atom stereocenters. The first kappa shape index (κ1) is 16.7. The minimum absolute atomic E-state index is 0.603. The summed E-state index contributed by atoms with van der Waals surface area (Å²) in [4.78, 5) is 2.46. The molecule has 1 nitrogen and oxygen atoms in total. The fourth-order valence-electron chi connectivity index (χ4n) is 3.08. The van der Waals surface area contributed by atoms with E-state index in [1.54, 1.807) is 5.57 Å². The van der Waals surface area contributed by atoms with Crippen LogP contribution in [0.3, 0.4) is 0 Å². The molecular weight excluding hydrogens is 206 g/mol. The van der Waals surface area contributed by atoms with Crippen molar-refractivity contribution in [1.29, 1.82) is 0 Å². The Balaban J connectivity index is 0.000000581. The smallest absolute Gasteiger partial charge is 0.00134 e. The van der Waals surface area contributed by atoms with Gasteiger partial charge in [0.15, 0.2) is 0 Å². The van der Waals surface area contributed by atoms with Gasteiger partial charge in [-0.2, -0.15) is 0 Å². The zero-order valence-corrected chi connectivity index (χ0v) is 13.1. The molecule has 2 aliphatic rings. The highest BCUT2D eigenvalue weighted by Crippen LogP contribution is 2.48. The fourth-order valence-corrected chi connectivity index (χ4v) is 3.08. The second-order valence-electron chi connectivity index (χ2n) is 5.11. The van der Waals surface area contributed by atoms with Crippen LogP contribution in [0.2, 0.25) is 0 Å². The van der Waals surface area contributed by atoms with Gasteiger partial charge in [-0.1, -0.05) is 46.3 Å². The van der Waals surface area contributed by atoms with E-state index in [4.69, 9.17) is 0 Å². The number of hydrogen-bond donors (Lipinski definition) is 0. The highest BCUT2D eigenvalue weighted by Gasteiger charge is 2.39. The molecule has 0 aromatic carbocycles. The Morgan fingerprint density at radius 1 is 1.12 bits per heavy atom. The number of allylic oxidation sites excluding steroid dienone is 2. The maximum atomic E-state index is 2.49. The van der Waals surface area contributed by atoms with Gasteiger partial charge in [0.25, 0.3) is 0 Å². The van der Waals surface area contributed by atoms with E-state index >= 15 is 0 Å². The molecule has 1 fully saturated rings. The van der Waals surface area contributed by atoms with Gasteiger partial charge >= 0.3 is 0 Å². The minimum atomic E-state index is 0.603. The van der Waals surface area contributed by atoms with Crippen molar-refractivity contribution < 1.29 is 0 Å². The standard InChI is InChI=1S/C12H21N.2C2H6/c1-10-8-11(2)12(9-10)4-6-13(3)7-5-12;2*1-2/h8,10H,4-7,9H2,1-3H3;2*1-2H3. The first-order valence-electron chi connectivity index (χ1n) is 7.50. The van der Waals surface area contributed by atoms with Gasteiger partial charge in [0.05, 0.1) is 0 Å². The van der Waals surface area contributed by atoms with Crippen molar-refractivity contribution in [3.8, 4) is 0 Å². The first-order valence-corrected chi connectivity index (χ1v) is 7.50. The summed E-state index contributed by atoms with van der Waals surface area (Å²) in [6.07, 6.45) is 6.67. The Morgan fingerprint density at radius 3 is 1.94 bits per heavy atom. The third-order valence-corrected chi connectivity index (χ3v) is 4.03. The van der Waals surface area contributed by atoms with Crippen LogP contribution in [-0.2, 0) is 0 Å². The molecule has 17 heavy (non-hydrogen) atoms. The minimum Gasteiger partial charge on any atom is -0.306 e. The second-order valence-corrected chi connectivity index (χ2v) is 5.11. The van der Waals surface area contributed by atoms with E-state index in [2.05, 4.69) is 31.9 Å². The summed E-state index contributed by atoms with van der Waals surface area (Å²) in [5.74, 6) is 0.823. The van der Waals surface area contributed by atoms with E-state index in [1.165, 1.54) is 32.4 Å². The topological polar surface area (TPSA) is 3.24 Å². The van der Waals surface area contributed by atoms with Crippen molar-refractivity contribution in [2.24, 2.45) is 11.3 Å². The van der Waals surface area contributed by atoms with Gasteiger partial charge in [0.1, 0.15) is 0 Å². The number of hydrogen-bond acceptors (Lipinski definition) is 1. The molecule has 2 rings (SSSR count). The Bertz CT molecular complexity index is 222. The summed E-state index contributed by atoms with van der Waals surface area (Å²) in [5.41, 5.74) is 2.28. The molecule has 0 aromatic heterocycles. The first-order chi connectivity index (χ1) is 8.12. The van der Waals surface area contributed by atoms with Gasteiger partial charge in [0.2, 0.25) is 0 Å². The van der Waals surface area contributed by atoms with Crippen molar-refractivity contribution in [3.63, 3.8) is 0 Å². The molecule has 1 aliphatic heterocycles. The van der Waals surface area contributed by atoms with E-state index < -0.39 is 0 Å². The van der Waals surface area contributed by atoms with Gasteiger partial charge in [-0.05, 0) is 57.7 Å². The van der Waals surface area contributed by atoms with Crippen LogP contribution < -0.4 is 0 Å². The Hall–Kier alpha value is -0.300. The van der Waals surface area contributed by atoms with Gasteiger partial charge in [0, 0.05) is 0 Å². The van der Waals surface area contributed by atoms with E-state index in [9.17, 15) is 0 Å². The zero-order valence-electron chi connectivity index (χ0n) is 13.1. The maximum Gasteiger partial charge on any atom is -0.00134 e. The molecule has 0 N–H and O–H groups in total. The molecule has 0 saturated carbocycles. The lowest BCUT2D eigenvalue weighted by Gasteiger charge is -2.39. The maximum absolute atomic E-state index is 2.49. The summed E-state index contributed by atoms with van der Waals surface area (Å²) in [6, 6.07) is 0. The molecule has 1 saturated heterocycles. The molecule has 0 amide bonds. The number of likely N-dealkylation sites (tertiary alicyclic amines) is 1. The van der Waals surface area contributed by atoms with Crippen LogP contribution in [-0.4, -0.2) is 25.0 Å². The number of nitrogens with zero attached hydrogens (tertiary/aromatic N) is 1. The summed E-state index contributed by atoms with van der Waals surface area (Å²) >= 11 is 0. The van der Waals surface area contributed by atoms with Crippen molar-refractivity contribution >= 4 is 0 Å². The van der Waals surface area contributed by atoms with Crippen LogP contribution in [0.4, 0.5) is 0 Å². The lowest BCUT2D eigenvalue weighted by molar-refractivity contribution is 0.147. The summed E-state index contributed by atoms with van der Waals surface area (Å²) < 4.78 is 0. The van der Waals surface area contributed by atoms with Gasteiger partial charge in [-0.15, -0.1) is 0 Å². The van der Waals surface area contributed by atoms with Crippen LogP contribution in [0.5, 0.6) is 0 Å². The largest absolute Gasteiger partial charge is 0.306 e. The second kappa shape index (κ2) is 7.92. The van der Waals surface area contributed by atoms with Crippen molar-refractivity contribution in [2.45, 2.75) is 60.8 Å². The summed E-state index contributed by atoms with van der Waals surface area (Å²) in [5, 5.41) is 0. The summed E-state index contributed by atoms with van der Waals surface area (Å²) in [7, 11) is 2.24. The van der Waals surface area contributed by atoms with Crippen molar-refractivity contribution in [1.82, 2.24) is 4.90 Å². The van der Waals surface area contributed by atoms with Crippen LogP contribution in [0.15, 0.2) is 11.6 Å². The Morgan fingerprint density at radius 2 is 1.59 bits per heavy atom. The molecule has 0 bridgehead atoms. The van der Waals surface area contributed by atoms with E-state index in [0.29, 0.717) is 5.41 Å². The molecule has 1 heteroatoms. The molecule has 102 valence electrons. The highest BCUT2D eigenvalue weighted by atomic mass is 15.1. The molecular formula is C16H33N. The Kier molecular flexibility index (Phi) is 7.78. The van der Waals surface area contributed by atoms with Crippen molar-refractivity contribution in [2.75, 3.05) is 20.1 Å². The number of piperidine rings is 1. The molecule has 1 heterocycles. The average molecular weight is 239 g/mol. The zero-order chi connectivity index (χ0) is 13.5. The van der Waals surface area contributed by atoms with Gasteiger partial charge in [-0.3, -0.25) is 0 Å². The monoisotopic (exact) mass is 239 g/mol. The SMILES string of the molecule is CC.CC.CC1=CC(C)CC12CCN(C)CC2. The summed E-state index contributed by atoms with van der Waals surface area (Å²) in [6.45, 7) is 15.3. The molecule has 1 aliphatic carbocycles. The van der Waals surface area contributed by atoms with Crippen LogP contribution >= 0.6 is 0 Å². The third-order valence-electron chi connectivity index (χ3n) is 4.03. The quantitative estimate of drug-likeness (QED) is 0.552. The highest BCUT2D eigenvalue weighted by molar-refractivity contribution is 5.21. The van der Waals surface area contributed by atoms with Crippen LogP contribution in [0.1, 0.15) is 60.8 Å². The van der Waals surface area contributed by atoms with Crippen LogP contribution in [0.25, 0.3) is 0 Å². The predicted octanol–water partition coefficient (Wildman–Crippen LogP) is 4.74. The van der Waals surface area contributed by atoms with Gasteiger partial charge < -0.3 is 4.90 Å². The average Bonchev–Trinajstić information content (AvgIpc) is 2.64. The lowest BCUT2D eigenvalue weighted by Crippen LogP contribution is -2.37. The third kappa shape index (κ3) is 4.13. The van der Waals surface area contributed by atoms with Crippen molar-refractivity contribution in [3.05, 3.63) is 11.6 Å². The van der Waals surface area contributed by atoms with E-state index in [1.807, 2.05) is 27.7 Å². The van der Waals surface area contributed by atoms with Crippen LogP contribution in [0, 0.1) is 11.3 Å². The predicted molar refractivity (Wildman–Crippen MR) is 79.4 cm³/mol. The number of rotatable bonds is 0. The van der Waals surface area contributed by atoms with E-state index in [0.717, 1.165) is 5.92 Å².